The molecule has 0 heterocycles. The van der Waals surface area contributed by atoms with Crippen LogP contribution in [0.1, 0.15) is 59.3 Å². The molecule has 2 rings (SSSR count). The van der Waals surface area contributed by atoms with E-state index in [0.29, 0.717) is 6.04 Å². The monoisotopic (exact) mass is 223 g/mol. The summed E-state index contributed by atoms with van der Waals surface area (Å²) in [5.74, 6) is 4.67. The fraction of sp³-hybridized carbons (Fsp3) is 1.00. The molecule has 0 aromatic rings. The van der Waals surface area contributed by atoms with Gasteiger partial charge in [0.25, 0.3) is 0 Å². The lowest BCUT2D eigenvalue weighted by Gasteiger charge is -2.41. The normalized spacial score (nSPS) is 50.2. The largest absolute Gasteiger partial charge is 0.327 e. The maximum atomic E-state index is 6.12. The highest BCUT2D eigenvalue weighted by Crippen LogP contribution is 2.43. The summed E-state index contributed by atoms with van der Waals surface area (Å²) in [6.45, 7) is 7.24. The van der Waals surface area contributed by atoms with Crippen LogP contribution in [0.2, 0.25) is 0 Å². The van der Waals surface area contributed by atoms with Gasteiger partial charge >= 0.3 is 0 Å². The van der Waals surface area contributed by atoms with E-state index in [1.165, 1.54) is 38.5 Å². The van der Waals surface area contributed by atoms with Gasteiger partial charge in [0.1, 0.15) is 0 Å². The van der Waals surface area contributed by atoms with Crippen molar-refractivity contribution in [2.75, 3.05) is 0 Å². The van der Waals surface area contributed by atoms with Crippen molar-refractivity contribution in [3.8, 4) is 0 Å². The van der Waals surface area contributed by atoms with Crippen molar-refractivity contribution in [1.82, 2.24) is 0 Å². The Morgan fingerprint density at radius 2 is 1.25 bits per heavy atom. The van der Waals surface area contributed by atoms with Gasteiger partial charge in [0.05, 0.1) is 0 Å². The van der Waals surface area contributed by atoms with Gasteiger partial charge in [0.15, 0.2) is 0 Å². The molecule has 2 saturated carbocycles. The Kier molecular flexibility index (Phi) is 3.94. The lowest BCUT2D eigenvalue weighted by Crippen LogP contribution is -2.38. The van der Waals surface area contributed by atoms with E-state index in [1.54, 1.807) is 0 Å². The van der Waals surface area contributed by atoms with E-state index in [1.807, 2.05) is 0 Å². The molecule has 2 aliphatic rings. The molecule has 94 valence electrons. The Bertz CT molecular complexity index is 201. The molecule has 1 nitrogen and oxygen atoms in total. The van der Waals surface area contributed by atoms with E-state index >= 15 is 0 Å². The Morgan fingerprint density at radius 1 is 0.688 bits per heavy atom. The van der Waals surface area contributed by atoms with E-state index in [2.05, 4.69) is 20.8 Å². The molecule has 5 unspecified atom stereocenters. The summed E-state index contributed by atoms with van der Waals surface area (Å²) in [6.07, 6.45) is 8.49. The molecule has 0 aliphatic heterocycles. The minimum absolute atomic E-state index is 0.483. The van der Waals surface area contributed by atoms with Gasteiger partial charge in [0, 0.05) is 6.04 Å². The Labute approximate surface area is 101 Å². The zero-order valence-electron chi connectivity index (χ0n) is 11.3. The van der Waals surface area contributed by atoms with E-state index in [-0.39, 0.29) is 0 Å². The van der Waals surface area contributed by atoms with Gasteiger partial charge < -0.3 is 5.73 Å². The fourth-order valence-corrected chi connectivity index (χ4v) is 3.91. The third kappa shape index (κ3) is 2.61. The van der Waals surface area contributed by atoms with Gasteiger partial charge in [-0.25, -0.2) is 0 Å². The first kappa shape index (κ1) is 12.4. The number of hydrogen-bond acceptors (Lipinski definition) is 1. The summed E-state index contributed by atoms with van der Waals surface area (Å²) in [5.41, 5.74) is 6.12. The van der Waals surface area contributed by atoms with Crippen molar-refractivity contribution in [2.45, 2.75) is 65.3 Å². The maximum Gasteiger partial charge on any atom is 0.00647 e. The molecule has 0 bridgehead atoms. The van der Waals surface area contributed by atoms with Crippen LogP contribution in [0.25, 0.3) is 0 Å². The molecule has 1 heteroatoms. The molecule has 0 amide bonds. The van der Waals surface area contributed by atoms with E-state index in [0.717, 1.165) is 29.6 Å². The average molecular weight is 223 g/mol. The van der Waals surface area contributed by atoms with Crippen LogP contribution in [0.4, 0.5) is 0 Å². The summed E-state index contributed by atoms with van der Waals surface area (Å²) in [7, 11) is 0. The minimum Gasteiger partial charge on any atom is -0.327 e. The predicted molar refractivity (Wildman–Crippen MR) is 70.1 cm³/mol. The zero-order chi connectivity index (χ0) is 11.7. The Hall–Kier alpha value is -0.0400. The molecular formula is C15H29N. The summed E-state index contributed by atoms with van der Waals surface area (Å²) in [4.78, 5) is 0. The second-order valence-corrected chi connectivity index (χ2v) is 6.74. The molecular weight excluding hydrogens is 194 g/mol. The van der Waals surface area contributed by atoms with Crippen molar-refractivity contribution in [1.29, 1.82) is 0 Å². The molecule has 2 N–H and O–H groups in total. The topological polar surface area (TPSA) is 26.0 Å². The van der Waals surface area contributed by atoms with E-state index < -0.39 is 0 Å². The minimum atomic E-state index is 0.483. The van der Waals surface area contributed by atoms with Crippen LogP contribution < -0.4 is 5.73 Å². The van der Waals surface area contributed by atoms with Crippen LogP contribution in [0.3, 0.4) is 0 Å². The Morgan fingerprint density at radius 3 is 1.81 bits per heavy atom. The summed E-state index contributed by atoms with van der Waals surface area (Å²) in [6, 6.07) is 0.483. The molecule has 0 radical (unpaired) electrons. The lowest BCUT2D eigenvalue weighted by atomic mass is 9.65. The van der Waals surface area contributed by atoms with Gasteiger partial charge in [-0.1, -0.05) is 27.2 Å². The van der Waals surface area contributed by atoms with Gasteiger partial charge in [-0.2, -0.15) is 0 Å². The quantitative estimate of drug-likeness (QED) is 0.718. The molecule has 2 fully saturated rings. The van der Waals surface area contributed by atoms with Crippen LogP contribution in [-0.4, -0.2) is 6.04 Å². The molecule has 0 saturated heterocycles. The standard InChI is InChI=1S/C15H29N/c1-10-4-5-13(8-11(10)2)14-6-7-15(16)12(3)9-14/h10-15H,4-9,16H2,1-3H3/t10-,11?,12?,13?,14?,15?/m0/s1. The van der Waals surface area contributed by atoms with Crippen molar-refractivity contribution in [3.05, 3.63) is 0 Å². The van der Waals surface area contributed by atoms with Crippen LogP contribution >= 0.6 is 0 Å². The molecule has 0 spiro atoms. The van der Waals surface area contributed by atoms with Gasteiger partial charge in [-0.15, -0.1) is 0 Å². The summed E-state index contributed by atoms with van der Waals surface area (Å²) >= 11 is 0. The fourth-order valence-electron chi connectivity index (χ4n) is 3.91. The Balaban J connectivity index is 1.88. The van der Waals surface area contributed by atoms with Crippen LogP contribution in [-0.2, 0) is 0 Å². The molecule has 2 aliphatic carbocycles. The maximum absolute atomic E-state index is 6.12. The second-order valence-electron chi connectivity index (χ2n) is 6.74. The second kappa shape index (κ2) is 5.08. The van der Waals surface area contributed by atoms with Crippen LogP contribution in [0.5, 0.6) is 0 Å². The molecule has 0 aromatic heterocycles. The highest BCUT2D eigenvalue weighted by atomic mass is 14.7. The van der Waals surface area contributed by atoms with Gasteiger partial charge in [-0.3, -0.25) is 0 Å². The highest BCUT2D eigenvalue weighted by molar-refractivity contribution is 4.86. The molecule has 6 atom stereocenters. The SMILES string of the molecule is CC1CC(C2CC[C@H](C)C(C)C2)CCC1N. The smallest absolute Gasteiger partial charge is 0.00647 e. The van der Waals surface area contributed by atoms with Crippen molar-refractivity contribution < 1.29 is 0 Å². The van der Waals surface area contributed by atoms with Crippen LogP contribution in [0, 0.1) is 29.6 Å². The first-order chi connectivity index (χ1) is 7.58. The van der Waals surface area contributed by atoms with Crippen molar-refractivity contribution in [2.24, 2.45) is 35.3 Å². The van der Waals surface area contributed by atoms with Crippen molar-refractivity contribution >= 4 is 0 Å². The third-order valence-electron chi connectivity index (χ3n) is 5.58. The first-order valence-corrected chi connectivity index (χ1v) is 7.33. The van der Waals surface area contributed by atoms with Gasteiger partial charge in [-0.05, 0) is 61.7 Å². The first-order valence-electron chi connectivity index (χ1n) is 7.33. The van der Waals surface area contributed by atoms with Gasteiger partial charge in [0.2, 0.25) is 0 Å². The van der Waals surface area contributed by atoms with Crippen LogP contribution in [0.15, 0.2) is 0 Å². The summed E-state index contributed by atoms with van der Waals surface area (Å²) in [5, 5.41) is 0. The third-order valence-corrected chi connectivity index (χ3v) is 5.58. The molecule has 0 aromatic carbocycles. The number of hydrogen-bond donors (Lipinski definition) is 1. The summed E-state index contributed by atoms with van der Waals surface area (Å²) < 4.78 is 0. The van der Waals surface area contributed by atoms with E-state index in [4.69, 9.17) is 5.73 Å². The number of rotatable bonds is 1. The lowest BCUT2D eigenvalue weighted by molar-refractivity contribution is 0.108. The van der Waals surface area contributed by atoms with E-state index in [9.17, 15) is 0 Å². The predicted octanol–water partition coefficient (Wildman–Crippen LogP) is 3.82. The number of nitrogens with two attached hydrogens (primary N) is 1. The molecule has 16 heavy (non-hydrogen) atoms. The van der Waals surface area contributed by atoms with Crippen molar-refractivity contribution in [3.63, 3.8) is 0 Å². The average Bonchev–Trinajstić information content (AvgIpc) is 2.26. The highest BCUT2D eigenvalue weighted by Gasteiger charge is 2.34. The zero-order valence-corrected chi connectivity index (χ0v) is 11.3.